The van der Waals surface area contributed by atoms with Gasteiger partial charge >= 0.3 is 10.1 Å². The van der Waals surface area contributed by atoms with Gasteiger partial charge in [0.05, 0.1) is 6.21 Å². The maximum Gasteiger partial charge on any atom is 0.339 e. The Labute approximate surface area is 133 Å². The molecule has 6 nitrogen and oxygen atoms in total. The van der Waals surface area contributed by atoms with E-state index in [4.69, 9.17) is 9.92 Å². The van der Waals surface area contributed by atoms with Gasteiger partial charge in [-0.05, 0) is 36.5 Å². The fourth-order valence-electron chi connectivity index (χ4n) is 1.58. The Balaban J connectivity index is 2.27. The van der Waals surface area contributed by atoms with Crippen molar-refractivity contribution in [2.45, 2.75) is 4.90 Å². The van der Waals surface area contributed by atoms with Crippen LogP contribution >= 0.6 is 12.2 Å². The van der Waals surface area contributed by atoms with Gasteiger partial charge in [0.15, 0.2) is 10.9 Å². The Hall–Kier alpha value is -2.45. The van der Waals surface area contributed by atoms with Crippen molar-refractivity contribution in [1.82, 2.24) is 5.43 Å². The summed E-state index contributed by atoms with van der Waals surface area (Å²) in [5, 5.41) is 3.79. The minimum absolute atomic E-state index is 0.00607. The average Bonchev–Trinajstić information content (AvgIpc) is 2.49. The Bertz CT molecular complexity index is 790. The van der Waals surface area contributed by atoms with Gasteiger partial charge < -0.3 is 9.92 Å². The lowest BCUT2D eigenvalue weighted by atomic mass is 10.2. The van der Waals surface area contributed by atoms with Crippen molar-refractivity contribution in [3.8, 4) is 5.75 Å². The van der Waals surface area contributed by atoms with Gasteiger partial charge in [-0.15, -0.1) is 0 Å². The van der Waals surface area contributed by atoms with Crippen molar-refractivity contribution in [3.63, 3.8) is 0 Å². The number of thiocarbonyl (C=S) groups is 1. The molecule has 2 aromatic rings. The summed E-state index contributed by atoms with van der Waals surface area (Å²) in [4.78, 5) is 0.0722. The summed E-state index contributed by atoms with van der Waals surface area (Å²) in [5.41, 5.74) is 8.10. The van der Waals surface area contributed by atoms with Crippen LogP contribution in [0.1, 0.15) is 5.56 Å². The molecule has 0 bridgehead atoms. The van der Waals surface area contributed by atoms with E-state index < -0.39 is 10.1 Å². The molecule has 0 aliphatic heterocycles. The van der Waals surface area contributed by atoms with E-state index in [2.05, 4.69) is 22.7 Å². The minimum atomic E-state index is -3.91. The van der Waals surface area contributed by atoms with Gasteiger partial charge in [-0.25, -0.2) is 0 Å². The van der Waals surface area contributed by atoms with Gasteiger partial charge in [-0.2, -0.15) is 13.5 Å². The Morgan fingerprint density at radius 2 is 1.77 bits per heavy atom. The van der Waals surface area contributed by atoms with Gasteiger partial charge in [0.25, 0.3) is 0 Å². The smallest absolute Gasteiger partial charge is 0.339 e. The molecular weight excluding hydrogens is 322 g/mol. The van der Waals surface area contributed by atoms with Crippen LogP contribution in [0, 0.1) is 0 Å². The first-order chi connectivity index (χ1) is 10.5. The molecule has 0 amide bonds. The number of nitrogens with one attached hydrogen (secondary N) is 1. The zero-order valence-corrected chi connectivity index (χ0v) is 13.0. The number of para-hydroxylation sites is 1. The second-order valence-corrected chi connectivity index (χ2v) is 6.11. The van der Waals surface area contributed by atoms with Crippen LogP contribution in [0.5, 0.6) is 5.75 Å². The zero-order chi connectivity index (χ0) is 16.0. The van der Waals surface area contributed by atoms with Gasteiger partial charge in [0.2, 0.25) is 0 Å². The van der Waals surface area contributed by atoms with E-state index in [0.29, 0.717) is 5.56 Å². The lowest BCUT2D eigenvalue weighted by molar-refractivity contribution is 0.485. The molecule has 22 heavy (non-hydrogen) atoms. The van der Waals surface area contributed by atoms with E-state index in [-0.39, 0.29) is 15.8 Å². The highest BCUT2D eigenvalue weighted by Gasteiger charge is 2.17. The first-order valence-corrected chi connectivity index (χ1v) is 7.98. The lowest BCUT2D eigenvalue weighted by Crippen LogP contribution is -2.24. The largest absolute Gasteiger partial charge is 0.378 e. The fourth-order valence-corrected chi connectivity index (χ4v) is 2.61. The van der Waals surface area contributed by atoms with Crippen molar-refractivity contribution in [2.24, 2.45) is 10.8 Å². The number of benzene rings is 2. The molecule has 8 heteroatoms. The van der Waals surface area contributed by atoms with Gasteiger partial charge in [-0.3, -0.25) is 5.43 Å². The van der Waals surface area contributed by atoms with Crippen molar-refractivity contribution in [1.29, 1.82) is 0 Å². The Morgan fingerprint density at radius 1 is 1.14 bits per heavy atom. The second kappa shape index (κ2) is 7.01. The molecule has 0 aliphatic carbocycles. The minimum Gasteiger partial charge on any atom is -0.378 e. The predicted octanol–water partition coefficient (Wildman–Crippen LogP) is 1.62. The standard InChI is InChI=1S/C14H13N3O3S2/c15-14(21)17-16-10-11-6-4-5-9-13(11)20-22(18,19)12-7-2-1-3-8-12/h1-10H,(H3,15,17,21)/b16-10+. The highest BCUT2D eigenvalue weighted by molar-refractivity contribution is 7.87. The number of nitrogens with two attached hydrogens (primary N) is 1. The zero-order valence-electron chi connectivity index (χ0n) is 11.3. The molecule has 2 rings (SSSR count). The predicted molar refractivity (Wildman–Crippen MR) is 88.2 cm³/mol. The van der Waals surface area contributed by atoms with Crippen LogP contribution < -0.4 is 15.3 Å². The highest BCUT2D eigenvalue weighted by Crippen LogP contribution is 2.21. The van der Waals surface area contributed by atoms with Crippen LogP contribution in [0.3, 0.4) is 0 Å². The normalized spacial score (nSPS) is 11.3. The van der Waals surface area contributed by atoms with Crippen LogP contribution in [0.2, 0.25) is 0 Å². The summed E-state index contributed by atoms with van der Waals surface area (Å²) in [5.74, 6) is 0.153. The maximum absolute atomic E-state index is 12.2. The first kappa shape index (κ1) is 15.9. The SMILES string of the molecule is NC(=S)N/N=C/c1ccccc1OS(=O)(=O)c1ccccc1. The molecule has 0 fully saturated rings. The summed E-state index contributed by atoms with van der Waals surface area (Å²) in [6, 6.07) is 14.5. The van der Waals surface area contributed by atoms with Crippen LogP contribution in [0.25, 0.3) is 0 Å². The fraction of sp³-hybridized carbons (Fsp3) is 0. The van der Waals surface area contributed by atoms with Crippen molar-refractivity contribution in [3.05, 3.63) is 60.2 Å². The van der Waals surface area contributed by atoms with E-state index in [9.17, 15) is 8.42 Å². The molecule has 0 heterocycles. The van der Waals surface area contributed by atoms with E-state index in [0.717, 1.165) is 0 Å². The third-order valence-electron chi connectivity index (χ3n) is 2.53. The number of hydrazone groups is 1. The second-order valence-electron chi connectivity index (χ2n) is 4.12. The van der Waals surface area contributed by atoms with Crippen LogP contribution in [0.15, 0.2) is 64.6 Å². The van der Waals surface area contributed by atoms with Crippen molar-refractivity contribution >= 4 is 33.7 Å². The van der Waals surface area contributed by atoms with E-state index in [1.165, 1.54) is 24.4 Å². The molecule has 0 spiro atoms. The van der Waals surface area contributed by atoms with E-state index in [1.807, 2.05) is 0 Å². The summed E-state index contributed by atoms with van der Waals surface area (Å²) >= 11 is 4.62. The number of rotatable bonds is 5. The van der Waals surface area contributed by atoms with Crippen molar-refractivity contribution < 1.29 is 12.6 Å². The first-order valence-electron chi connectivity index (χ1n) is 6.16. The molecule has 3 N–H and O–H groups in total. The summed E-state index contributed by atoms with van der Waals surface area (Å²) in [7, 11) is -3.91. The van der Waals surface area contributed by atoms with Gasteiger partial charge in [0, 0.05) is 5.56 Å². The molecule has 0 aromatic heterocycles. The Kier molecular flexibility index (Phi) is 5.08. The van der Waals surface area contributed by atoms with E-state index >= 15 is 0 Å². The van der Waals surface area contributed by atoms with Gasteiger partial charge in [0.1, 0.15) is 4.90 Å². The van der Waals surface area contributed by atoms with Crippen LogP contribution in [-0.2, 0) is 10.1 Å². The number of hydrogen-bond donors (Lipinski definition) is 2. The van der Waals surface area contributed by atoms with Crippen LogP contribution in [0.4, 0.5) is 0 Å². The monoisotopic (exact) mass is 335 g/mol. The topological polar surface area (TPSA) is 93.8 Å². The summed E-state index contributed by atoms with van der Waals surface area (Å²) in [6.07, 6.45) is 1.37. The Morgan fingerprint density at radius 3 is 2.45 bits per heavy atom. The summed E-state index contributed by atoms with van der Waals surface area (Å²) in [6.45, 7) is 0. The summed E-state index contributed by atoms with van der Waals surface area (Å²) < 4.78 is 29.6. The average molecular weight is 335 g/mol. The quantitative estimate of drug-likeness (QED) is 0.373. The molecular formula is C14H13N3O3S2. The highest BCUT2D eigenvalue weighted by atomic mass is 32.2. The van der Waals surface area contributed by atoms with Crippen molar-refractivity contribution in [2.75, 3.05) is 0 Å². The molecule has 114 valence electrons. The number of hydrogen-bond acceptors (Lipinski definition) is 5. The molecule has 0 atom stereocenters. The third-order valence-corrected chi connectivity index (χ3v) is 3.87. The number of nitrogens with zero attached hydrogens (tertiary/aromatic N) is 1. The van der Waals surface area contributed by atoms with Crippen LogP contribution in [-0.4, -0.2) is 19.7 Å². The lowest BCUT2D eigenvalue weighted by Gasteiger charge is -2.09. The van der Waals surface area contributed by atoms with E-state index in [1.54, 1.807) is 36.4 Å². The van der Waals surface area contributed by atoms with Gasteiger partial charge in [-0.1, -0.05) is 30.3 Å². The molecule has 0 radical (unpaired) electrons. The maximum atomic E-state index is 12.2. The molecule has 0 saturated heterocycles. The molecule has 0 saturated carbocycles. The molecule has 0 aliphatic rings. The molecule has 0 unspecified atom stereocenters. The molecule has 2 aromatic carbocycles. The third kappa shape index (κ3) is 4.27.